The lowest BCUT2D eigenvalue weighted by molar-refractivity contribution is -0.140. The van der Waals surface area contributed by atoms with Crippen LogP contribution in [0.2, 0.25) is 0 Å². The number of anilines is 2. The van der Waals surface area contributed by atoms with Crippen molar-refractivity contribution < 1.29 is 9.59 Å². The second-order valence-electron chi connectivity index (χ2n) is 6.00. The number of carbonyl (C=O) groups excluding carboxylic acids is 2. The molecule has 2 aromatic rings. The second kappa shape index (κ2) is 6.31. The largest absolute Gasteiger partial charge is 0.384 e. The van der Waals surface area contributed by atoms with Gasteiger partial charge in [-0.05, 0) is 18.6 Å². The van der Waals surface area contributed by atoms with Crippen LogP contribution in [0, 0.1) is 5.92 Å². The summed E-state index contributed by atoms with van der Waals surface area (Å²) < 4.78 is 1.67. The number of nitrogens with one attached hydrogen (secondary N) is 1. The molecule has 8 nitrogen and oxygen atoms in total. The minimum Gasteiger partial charge on any atom is -0.384 e. The van der Waals surface area contributed by atoms with Crippen LogP contribution in [0.15, 0.2) is 30.7 Å². The maximum Gasteiger partial charge on any atom is 0.229 e. The van der Waals surface area contributed by atoms with E-state index >= 15 is 0 Å². The third-order valence-electron chi connectivity index (χ3n) is 4.32. The normalized spacial score (nSPS) is 20.9. The Hall–Kier alpha value is -2.90. The maximum atomic E-state index is 12.8. The molecule has 1 aliphatic rings. The molecule has 1 aliphatic heterocycles. The van der Waals surface area contributed by atoms with Gasteiger partial charge in [0.05, 0.1) is 30.0 Å². The van der Waals surface area contributed by atoms with Gasteiger partial charge in [0, 0.05) is 32.3 Å². The molecule has 8 heteroatoms. The van der Waals surface area contributed by atoms with E-state index in [1.54, 1.807) is 35.0 Å². The van der Waals surface area contributed by atoms with Crippen molar-refractivity contribution in [2.45, 2.75) is 18.9 Å². The van der Waals surface area contributed by atoms with Crippen LogP contribution in [0.3, 0.4) is 0 Å². The van der Waals surface area contributed by atoms with Gasteiger partial charge in [-0.25, -0.2) is 4.98 Å². The Morgan fingerprint density at radius 2 is 2.12 bits per heavy atom. The number of aromatic nitrogens is 3. The van der Waals surface area contributed by atoms with E-state index in [0.29, 0.717) is 24.3 Å². The minimum absolute atomic E-state index is 0.0297. The van der Waals surface area contributed by atoms with Gasteiger partial charge in [-0.15, -0.1) is 0 Å². The van der Waals surface area contributed by atoms with Gasteiger partial charge < -0.3 is 16.0 Å². The molecule has 0 aliphatic carbocycles. The van der Waals surface area contributed by atoms with Gasteiger partial charge in [-0.3, -0.25) is 14.3 Å². The number of hydrogen-bond donors (Lipinski definition) is 2. The summed E-state index contributed by atoms with van der Waals surface area (Å²) in [5.74, 6) is -0.0736. The number of pyridine rings is 1. The van der Waals surface area contributed by atoms with Gasteiger partial charge in [0.1, 0.15) is 5.82 Å². The number of nitrogens with zero attached hydrogens (tertiary/aromatic N) is 4. The molecule has 2 amide bonds. The molecule has 3 rings (SSSR count). The molecule has 0 aromatic carbocycles. The van der Waals surface area contributed by atoms with Crippen molar-refractivity contribution in [1.29, 1.82) is 0 Å². The quantitative estimate of drug-likeness (QED) is 0.872. The van der Waals surface area contributed by atoms with Crippen molar-refractivity contribution >= 4 is 23.3 Å². The van der Waals surface area contributed by atoms with Gasteiger partial charge in [0.15, 0.2) is 0 Å². The van der Waals surface area contributed by atoms with Crippen LogP contribution in [-0.2, 0) is 16.6 Å². The van der Waals surface area contributed by atoms with Gasteiger partial charge >= 0.3 is 0 Å². The zero-order valence-corrected chi connectivity index (χ0v) is 13.6. The van der Waals surface area contributed by atoms with Gasteiger partial charge in [-0.1, -0.05) is 0 Å². The number of nitrogens with two attached hydrogens (primary N) is 1. The minimum atomic E-state index is -0.352. The predicted octanol–water partition coefficient (Wildman–Crippen LogP) is 0.945. The maximum absolute atomic E-state index is 12.8. The van der Waals surface area contributed by atoms with E-state index in [4.69, 9.17) is 5.73 Å². The highest BCUT2D eigenvalue weighted by Gasteiger charge is 2.39. The average molecular weight is 328 g/mol. The summed E-state index contributed by atoms with van der Waals surface area (Å²) in [7, 11) is 3.54. The van der Waals surface area contributed by atoms with Crippen LogP contribution in [0.4, 0.5) is 11.5 Å². The van der Waals surface area contributed by atoms with Crippen LogP contribution in [0.1, 0.15) is 24.4 Å². The van der Waals surface area contributed by atoms with Crippen molar-refractivity contribution in [1.82, 2.24) is 19.7 Å². The number of piperidine rings is 1. The molecule has 2 aromatic heterocycles. The first kappa shape index (κ1) is 16.0. The first-order chi connectivity index (χ1) is 11.5. The zero-order chi connectivity index (χ0) is 17.3. The van der Waals surface area contributed by atoms with E-state index in [1.165, 1.54) is 6.20 Å². The highest BCUT2D eigenvalue weighted by molar-refractivity contribution is 5.94. The fraction of sp³-hybridized carbons (Fsp3) is 0.375. The lowest BCUT2D eigenvalue weighted by Crippen LogP contribution is -2.44. The molecule has 1 fully saturated rings. The number of rotatable bonds is 3. The number of hydrogen-bond acceptors (Lipinski definition) is 5. The molecule has 2 atom stereocenters. The number of amides is 2. The third kappa shape index (κ3) is 3.08. The highest BCUT2D eigenvalue weighted by atomic mass is 16.2. The number of carbonyl (C=O) groups is 2. The summed E-state index contributed by atoms with van der Waals surface area (Å²) >= 11 is 0. The summed E-state index contributed by atoms with van der Waals surface area (Å²) in [5, 5.41) is 7.02. The molecule has 0 bridgehead atoms. The van der Waals surface area contributed by atoms with E-state index in [9.17, 15) is 9.59 Å². The second-order valence-corrected chi connectivity index (χ2v) is 6.00. The van der Waals surface area contributed by atoms with Crippen molar-refractivity contribution in [3.05, 3.63) is 36.3 Å². The molecule has 2 unspecified atom stereocenters. The lowest BCUT2D eigenvalue weighted by atomic mass is 9.85. The first-order valence-corrected chi connectivity index (χ1v) is 7.72. The molecule has 126 valence electrons. The Morgan fingerprint density at radius 3 is 2.75 bits per heavy atom. The molecule has 3 N–H and O–H groups in total. The summed E-state index contributed by atoms with van der Waals surface area (Å²) in [6.07, 6.45) is 5.90. The standard InChI is InChI=1S/C16H20N6O2/c1-21-9-10(7-19-21)15-12(4-6-14(23)22(15)2)16(24)20-11-3-5-13(17)18-8-11/h3,5,7-9,12,15H,4,6H2,1-2H3,(H2,17,18)(H,20,24). The average Bonchev–Trinajstić information content (AvgIpc) is 2.98. The first-order valence-electron chi connectivity index (χ1n) is 7.72. The van der Waals surface area contributed by atoms with Crippen LogP contribution >= 0.6 is 0 Å². The van der Waals surface area contributed by atoms with Gasteiger partial charge in [0.2, 0.25) is 11.8 Å². The Labute approximate surface area is 139 Å². The predicted molar refractivity (Wildman–Crippen MR) is 88.7 cm³/mol. The zero-order valence-electron chi connectivity index (χ0n) is 13.6. The van der Waals surface area contributed by atoms with E-state index in [0.717, 1.165) is 5.56 Å². The third-order valence-corrected chi connectivity index (χ3v) is 4.32. The van der Waals surface area contributed by atoms with Gasteiger partial charge in [0.25, 0.3) is 0 Å². The Balaban J connectivity index is 1.84. The molecule has 3 heterocycles. The molecule has 0 radical (unpaired) electrons. The fourth-order valence-electron chi connectivity index (χ4n) is 3.08. The van der Waals surface area contributed by atoms with E-state index in [1.807, 2.05) is 13.2 Å². The summed E-state index contributed by atoms with van der Waals surface area (Å²) in [6.45, 7) is 0. The smallest absolute Gasteiger partial charge is 0.229 e. The Bertz CT molecular complexity index is 754. The Kier molecular flexibility index (Phi) is 4.20. The highest BCUT2D eigenvalue weighted by Crippen LogP contribution is 2.36. The van der Waals surface area contributed by atoms with Crippen LogP contribution < -0.4 is 11.1 Å². The number of likely N-dealkylation sites (tertiary alicyclic amines) is 1. The fourth-order valence-corrected chi connectivity index (χ4v) is 3.08. The van der Waals surface area contributed by atoms with Crippen molar-refractivity contribution in [3.8, 4) is 0 Å². The molecule has 1 saturated heterocycles. The molecular formula is C16H20N6O2. The molecular weight excluding hydrogens is 308 g/mol. The SMILES string of the molecule is CN1C(=O)CCC(C(=O)Nc2ccc(N)nc2)C1c1cnn(C)c1. The summed E-state index contributed by atoms with van der Waals surface area (Å²) in [6, 6.07) is 3.00. The van der Waals surface area contributed by atoms with Crippen molar-refractivity contribution in [3.63, 3.8) is 0 Å². The van der Waals surface area contributed by atoms with Crippen molar-refractivity contribution in [2.24, 2.45) is 13.0 Å². The van der Waals surface area contributed by atoms with Crippen molar-refractivity contribution in [2.75, 3.05) is 18.1 Å². The van der Waals surface area contributed by atoms with Crippen LogP contribution in [-0.4, -0.2) is 38.5 Å². The number of nitrogen functional groups attached to an aromatic ring is 1. The number of aryl methyl sites for hydroxylation is 1. The molecule has 0 saturated carbocycles. The molecule has 24 heavy (non-hydrogen) atoms. The summed E-state index contributed by atoms with van der Waals surface area (Å²) in [5.41, 5.74) is 6.99. The Morgan fingerprint density at radius 1 is 1.33 bits per heavy atom. The van der Waals surface area contributed by atoms with E-state index in [2.05, 4.69) is 15.4 Å². The van der Waals surface area contributed by atoms with Gasteiger partial charge in [-0.2, -0.15) is 5.10 Å². The summed E-state index contributed by atoms with van der Waals surface area (Å²) in [4.78, 5) is 30.5. The van der Waals surface area contributed by atoms with E-state index < -0.39 is 0 Å². The van der Waals surface area contributed by atoms with E-state index in [-0.39, 0.29) is 23.8 Å². The monoisotopic (exact) mass is 328 g/mol. The van der Waals surface area contributed by atoms with Crippen LogP contribution in [0.25, 0.3) is 0 Å². The molecule has 0 spiro atoms. The topological polar surface area (TPSA) is 106 Å². The van der Waals surface area contributed by atoms with Crippen LogP contribution in [0.5, 0.6) is 0 Å². The lowest BCUT2D eigenvalue weighted by Gasteiger charge is -2.37.